The Morgan fingerprint density at radius 2 is 2.29 bits per heavy atom. The summed E-state index contributed by atoms with van der Waals surface area (Å²) in [5.41, 5.74) is 1.37. The highest BCUT2D eigenvalue weighted by atomic mass is 35.5. The molecular weight excluding hydrogens is 346 g/mol. The van der Waals surface area contributed by atoms with Gasteiger partial charge >= 0.3 is 0 Å². The summed E-state index contributed by atoms with van der Waals surface area (Å²) in [5, 5.41) is 1.67. The summed E-state index contributed by atoms with van der Waals surface area (Å²) in [4.78, 5) is 13.5. The van der Waals surface area contributed by atoms with Gasteiger partial charge in [0, 0.05) is 17.5 Å². The van der Waals surface area contributed by atoms with Gasteiger partial charge in [-0.25, -0.2) is 9.97 Å². The van der Waals surface area contributed by atoms with Crippen LogP contribution in [0.5, 0.6) is 0 Å². The van der Waals surface area contributed by atoms with Crippen molar-refractivity contribution < 1.29 is 9.47 Å². The molecule has 2 saturated heterocycles. The number of nitrogens with zero attached hydrogens (tertiary/aromatic N) is 3. The van der Waals surface area contributed by atoms with Gasteiger partial charge in [0.2, 0.25) is 0 Å². The van der Waals surface area contributed by atoms with Crippen LogP contribution in [0.1, 0.15) is 23.8 Å². The molecule has 1 aliphatic carbocycles. The van der Waals surface area contributed by atoms with Crippen LogP contribution in [-0.2, 0) is 22.3 Å². The van der Waals surface area contributed by atoms with Crippen LogP contribution in [0.3, 0.4) is 0 Å². The number of hydrogen-bond acceptors (Lipinski definition) is 6. The van der Waals surface area contributed by atoms with Crippen molar-refractivity contribution in [2.75, 3.05) is 19.8 Å². The molecule has 0 spiro atoms. The van der Waals surface area contributed by atoms with Crippen molar-refractivity contribution in [3.8, 4) is 0 Å². The number of aromatic nitrogens is 2. The molecule has 4 heterocycles. The van der Waals surface area contributed by atoms with Gasteiger partial charge in [0.15, 0.2) is 0 Å². The van der Waals surface area contributed by atoms with Crippen LogP contribution in [0.15, 0.2) is 6.33 Å². The van der Waals surface area contributed by atoms with E-state index in [0.717, 1.165) is 49.2 Å². The lowest BCUT2D eigenvalue weighted by atomic mass is 9.85. The first kappa shape index (κ1) is 15.5. The Bertz CT molecular complexity index is 783. The Kier molecular flexibility index (Phi) is 3.79. The molecule has 5 rings (SSSR count). The molecule has 4 atom stereocenters. The number of aryl methyl sites for hydroxylation is 1. The molecule has 24 heavy (non-hydrogen) atoms. The molecule has 0 N–H and O–H groups in total. The van der Waals surface area contributed by atoms with E-state index in [1.807, 2.05) is 0 Å². The number of ether oxygens (including phenoxy) is 2. The average Bonchev–Trinajstić information content (AvgIpc) is 3.28. The highest BCUT2D eigenvalue weighted by molar-refractivity contribution is 7.19. The summed E-state index contributed by atoms with van der Waals surface area (Å²) in [6, 6.07) is 0.450. The van der Waals surface area contributed by atoms with E-state index in [-0.39, 0.29) is 6.23 Å². The highest BCUT2D eigenvalue weighted by Gasteiger charge is 2.50. The van der Waals surface area contributed by atoms with Crippen LogP contribution in [-0.4, -0.2) is 53.0 Å². The molecule has 0 saturated carbocycles. The SMILES string of the molecule is CC1COCCN1C1OC1C1CCc2c(sc3ncnc(Cl)c23)C1. The van der Waals surface area contributed by atoms with Crippen LogP contribution in [0, 0.1) is 5.92 Å². The third kappa shape index (κ3) is 2.47. The van der Waals surface area contributed by atoms with E-state index >= 15 is 0 Å². The Balaban J connectivity index is 1.35. The maximum absolute atomic E-state index is 6.30. The van der Waals surface area contributed by atoms with E-state index in [9.17, 15) is 0 Å². The third-order valence-corrected chi connectivity index (χ3v) is 7.00. The van der Waals surface area contributed by atoms with Gasteiger partial charge in [-0.15, -0.1) is 11.3 Å². The number of fused-ring (bicyclic) bond motifs is 3. The van der Waals surface area contributed by atoms with E-state index < -0.39 is 0 Å². The van der Waals surface area contributed by atoms with Gasteiger partial charge in [0.25, 0.3) is 0 Å². The Labute approximate surface area is 149 Å². The van der Waals surface area contributed by atoms with Crippen molar-refractivity contribution in [1.82, 2.24) is 14.9 Å². The maximum atomic E-state index is 6.30. The Morgan fingerprint density at radius 3 is 3.17 bits per heavy atom. The fourth-order valence-corrected chi connectivity index (χ4v) is 5.81. The monoisotopic (exact) mass is 365 g/mol. The Hall–Kier alpha value is -0.790. The molecule has 4 unspecified atom stereocenters. The largest absolute Gasteiger partial charge is 0.379 e. The van der Waals surface area contributed by atoms with Crippen molar-refractivity contribution in [2.24, 2.45) is 5.92 Å². The van der Waals surface area contributed by atoms with Crippen molar-refractivity contribution in [3.63, 3.8) is 0 Å². The van der Waals surface area contributed by atoms with Gasteiger partial charge in [0.05, 0.1) is 18.6 Å². The average molecular weight is 366 g/mol. The second kappa shape index (κ2) is 5.88. The van der Waals surface area contributed by atoms with E-state index in [0.29, 0.717) is 23.2 Å². The minimum Gasteiger partial charge on any atom is -0.379 e. The molecule has 3 aliphatic rings. The summed E-state index contributed by atoms with van der Waals surface area (Å²) in [5.74, 6) is 0.595. The fraction of sp³-hybridized carbons (Fsp3) is 0.647. The molecule has 7 heteroatoms. The summed E-state index contributed by atoms with van der Waals surface area (Å²) in [7, 11) is 0. The molecular formula is C17H20ClN3O2S. The first-order valence-corrected chi connectivity index (χ1v) is 9.81. The summed E-state index contributed by atoms with van der Waals surface area (Å²) >= 11 is 8.08. The first-order chi connectivity index (χ1) is 11.7. The molecule has 2 fully saturated rings. The van der Waals surface area contributed by atoms with Crippen LogP contribution in [0.2, 0.25) is 5.15 Å². The molecule has 0 bridgehead atoms. The molecule has 0 amide bonds. The van der Waals surface area contributed by atoms with E-state index in [1.165, 1.54) is 10.4 Å². The topological polar surface area (TPSA) is 50.8 Å². The minimum absolute atomic E-state index is 0.285. The van der Waals surface area contributed by atoms with Crippen molar-refractivity contribution >= 4 is 33.2 Å². The number of halogens is 1. The zero-order chi connectivity index (χ0) is 16.3. The normalized spacial score (nSPS) is 33.6. The maximum Gasteiger partial charge on any atom is 0.141 e. The highest BCUT2D eigenvalue weighted by Crippen LogP contribution is 2.45. The minimum atomic E-state index is 0.285. The lowest BCUT2D eigenvalue weighted by Gasteiger charge is -2.32. The third-order valence-electron chi connectivity index (χ3n) is 5.55. The summed E-state index contributed by atoms with van der Waals surface area (Å²) < 4.78 is 11.6. The number of thiophene rings is 1. The molecule has 0 aromatic carbocycles. The van der Waals surface area contributed by atoms with Crippen molar-refractivity contribution in [1.29, 1.82) is 0 Å². The second-order valence-corrected chi connectivity index (χ2v) is 8.45. The fourth-order valence-electron chi connectivity index (χ4n) is 4.22. The first-order valence-electron chi connectivity index (χ1n) is 8.62. The van der Waals surface area contributed by atoms with Gasteiger partial charge in [-0.2, -0.15) is 0 Å². The van der Waals surface area contributed by atoms with E-state index in [4.69, 9.17) is 21.1 Å². The van der Waals surface area contributed by atoms with Gasteiger partial charge in [-0.1, -0.05) is 11.6 Å². The van der Waals surface area contributed by atoms with Crippen LogP contribution < -0.4 is 0 Å². The predicted molar refractivity (Wildman–Crippen MR) is 93.6 cm³/mol. The lowest BCUT2D eigenvalue weighted by molar-refractivity contribution is -0.0217. The molecule has 2 aliphatic heterocycles. The molecule has 5 nitrogen and oxygen atoms in total. The molecule has 0 radical (unpaired) electrons. The smallest absolute Gasteiger partial charge is 0.141 e. The van der Waals surface area contributed by atoms with Gasteiger partial charge < -0.3 is 9.47 Å². The number of epoxide rings is 1. The summed E-state index contributed by atoms with van der Waals surface area (Å²) in [6.45, 7) is 4.84. The molecule has 128 valence electrons. The summed E-state index contributed by atoms with van der Waals surface area (Å²) in [6.07, 6.45) is 5.50. The quantitative estimate of drug-likeness (QED) is 0.605. The lowest BCUT2D eigenvalue weighted by Crippen LogP contribution is -2.46. The molecule has 2 aromatic rings. The van der Waals surface area contributed by atoms with E-state index in [2.05, 4.69) is 21.8 Å². The second-order valence-electron chi connectivity index (χ2n) is 7.00. The van der Waals surface area contributed by atoms with Gasteiger partial charge in [-0.3, -0.25) is 4.90 Å². The van der Waals surface area contributed by atoms with Crippen LogP contribution in [0.4, 0.5) is 0 Å². The van der Waals surface area contributed by atoms with Gasteiger partial charge in [0.1, 0.15) is 28.6 Å². The molecule has 2 aromatic heterocycles. The van der Waals surface area contributed by atoms with Crippen LogP contribution in [0.25, 0.3) is 10.2 Å². The van der Waals surface area contributed by atoms with Crippen molar-refractivity contribution in [3.05, 3.63) is 21.9 Å². The van der Waals surface area contributed by atoms with Crippen molar-refractivity contribution in [2.45, 2.75) is 44.6 Å². The Morgan fingerprint density at radius 1 is 1.38 bits per heavy atom. The number of morpholine rings is 1. The standard InChI is InChI=1S/C17H20ClN3O2S/c1-9-7-22-5-4-21(9)17-14(23-17)10-2-3-11-12(6-10)24-16-13(11)15(18)19-8-20-16/h8-10,14,17H,2-7H2,1H3. The van der Waals surface area contributed by atoms with Crippen LogP contribution >= 0.6 is 22.9 Å². The number of rotatable bonds is 2. The van der Waals surface area contributed by atoms with E-state index in [1.54, 1.807) is 17.7 Å². The predicted octanol–water partition coefficient (Wildman–Crippen LogP) is 2.90. The van der Waals surface area contributed by atoms with Gasteiger partial charge in [-0.05, 0) is 37.7 Å². The zero-order valence-corrected chi connectivity index (χ0v) is 15.1. The zero-order valence-electron chi connectivity index (χ0n) is 13.6. The number of hydrogen-bond donors (Lipinski definition) is 0.